The van der Waals surface area contributed by atoms with Crippen LogP contribution in [0.1, 0.15) is 44.6 Å². The summed E-state index contributed by atoms with van der Waals surface area (Å²) < 4.78 is 30.9. The molecule has 2 heterocycles. The van der Waals surface area contributed by atoms with E-state index in [-0.39, 0.29) is 23.7 Å². The number of amides is 1. The highest BCUT2D eigenvalue weighted by Crippen LogP contribution is 2.25. The SMILES string of the molecule is Cc1oc(-c2ccccc2)nc1CS(=O)(=O)CC(=O)N1C(C)CCCC1C. The Balaban J connectivity index is 1.73. The van der Waals surface area contributed by atoms with Crippen LogP contribution < -0.4 is 0 Å². The Morgan fingerprint density at radius 3 is 2.44 bits per heavy atom. The van der Waals surface area contributed by atoms with Crippen LogP contribution in [0.5, 0.6) is 0 Å². The van der Waals surface area contributed by atoms with Gasteiger partial charge in [-0.2, -0.15) is 0 Å². The van der Waals surface area contributed by atoms with E-state index in [9.17, 15) is 13.2 Å². The summed E-state index contributed by atoms with van der Waals surface area (Å²) in [5.41, 5.74) is 1.15. The summed E-state index contributed by atoms with van der Waals surface area (Å²) in [6.45, 7) is 5.66. The first-order valence-corrected chi connectivity index (χ1v) is 11.1. The lowest BCUT2D eigenvalue weighted by Crippen LogP contribution is -2.49. The molecule has 3 rings (SSSR count). The standard InChI is InChI=1S/C20H26N2O4S/c1-14-8-7-9-15(2)22(14)19(23)13-27(24,25)12-18-16(3)26-20(21-18)17-10-5-4-6-11-17/h4-6,10-11,14-15H,7-9,12-13H2,1-3H3. The molecule has 2 aromatic rings. The van der Waals surface area contributed by atoms with Crippen molar-refractivity contribution in [3.8, 4) is 11.5 Å². The van der Waals surface area contributed by atoms with Crippen LogP contribution >= 0.6 is 0 Å². The molecule has 0 bridgehead atoms. The second kappa shape index (κ2) is 7.84. The molecule has 146 valence electrons. The van der Waals surface area contributed by atoms with Gasteiger partial charge in [0.2, 0.25) is 11.8 Å². The lowest BCUT2D eigenvalue weighted by Gasteiger charge is -2.39. The maximum Gasteiger partial charge on any atom is 0.238 e. The van der Waals surface area contributed by atoms with Gasteiger partial charge in [0, 0.05) is 17.6 Å². The fourth-order valence-electron chi connectivity index (χ4n) is 3.70. The first-order chi connectivity index (χ1) is 12.8. The van der Waals surface area contributed by atoms with Crippen molar-refractivity contribution in [2.75, 3.05) is 5.75 Å². The van der Waals surface area contributed by atoms with Crippen molar-refractivity contribution in [1.29, 1.82) is 0 Å². The summed E-state index contributed by atoms with van der Waals surface area (Å²) in [6, 6.07) is 9.48. The number of rotatable bonds is 5. The van der Waals surface area contributed by atoms with E-state index in [4.69, 9.17) is 4.42 Å². The minimum atomic E-state index is -3.64. The smallest absolute Gasteiger partial charge is 0.238 e. The quantitative estimate of drug-likeness (QED) is 0.782. The van der Waals surface area contributed by atoms with Gasteiger partial charge in [0.1, 0.15) is 11.5 Å². The second-order valence-electron chi connectivity index (χ2n) is 7.35. The molecule has 1 amide bonds. The molecule has 1 saturated heterocycles. The van der Waals surface area contributed by atoms with E-state index in [0.29, 0.717) is 17.3 Å². The van der Waals surface area contributed by atoms with Crippen LogP contribution in [-0.4, -0.2) is 42.0 Å². The molecule has 27 heavy (non-hydrogen) atoms. The Morgan fingerprint density at radius 2 is 1.81 bits per heavy atom. The molecule has 2 unspecified atom stereocenters. The number of oxazole rings is 1. The summed E-state index contributed by atoms with van der Waals surface area (Å²) in [6.07, 6.45) is 2.90. The normalized spacial score (nSPS) is 20.6. The average Bonchev–Trinajstić information content (AvgIpc) is 2.95. The van der Waals surface area contributed by atoms with E-state index in [2.05, 4.69) is 4.98 Å². The zero-order valence-corrected chi connectivity index (χ0v) is 16.8. The Morgan fingerprint density at radius 1 is 1.19 bits per heavy atom. The second-order valence-corrected chi connectivity index (χ2v) is 9.41. The molecular formula is C20H26N2O4S. The number of piperidine rings is 1. The molecule has 1 aliphatic heterocycles. The van der Waals surface area contributed by atoms with Gasteiger partial charge in [-0.25, -0.2) is 13.4 Å². The number of nitrogens with zero attached hydrogens (tertiary/aromatic N) is 2. The third kappa shape index (κ3) is 4.58. The lowest BCUT2D eigenvalue weighted by molar-refractivity contribution is -0.134. The Hall–Kier alpha value is -2.15. The van der Waals surface area contributed by atoms with Crippen LogP contribution in [0.2, 0.25) is 0 Å². The van der Waals surface area contributed by atoms with Crippen LogP contribution in [0.4, 0.5) is 0 Å². The zero-order valence-electron chi connectivity index (χ0n) is 16.0. The predicted molar refractivity (Wildman–Crippen MR) is 104 cm³/mol. The highest BCUT2D eigenvalue weighted by molar-refractivity contribution is 7.91. The van der Waals surface area contributed by atoms with Gasteiger partial charge in [-0.1, -0.05) is 18.2 Å². The third-order valence-electron chi connectivity index (χ3n) is 5.09. The van der Waals surface area contributed by atoms with Crippen LogP contribution in [-0.2, 0) is 20.4 Å². The maximum atomic E-state index is 12.6. The molecular weight excluding hydrogens is 364 g/mol. The fourth-order valence-corrected chi connectivity index (χ4v) is 5.01. The number of sulfone groups is 1. The highest BCUT2D eigenvalue weighted by Gasteiger charge is 2.32. The van der Waals surface area contributed by atoms with Crippen molar-refractivity contribution in [2.45, 2.75) is 57.9 Å². The fraction of sp³-hybridized carbons (Fsp3) is 0.500. The molecule has 1 aromatic heterocycles. The van der Waals surface area contributed by atoms with Gasteiger partial charge in [-0.15, -0.1) is 0 Å². The molecule has 7 heteroatoms. The van der Waals surface area contributed by atoms with E-state index in [1.165, 1.54) is 0 Å². The van der Waals surface area contributed by atoms with E-state index in [0.717, 1.165) is 24.8 Å². The summed E-state index contributed by atoms with van der Waals surface area (Å²) in [7, 11) is -3.64. The Labute approximate surface area is 160 Å². The van der Waals surface area contributed by atoms with E-state index >= 15 is 0 Å². The maximum absolute atomic E-state index is 12.6. The Bertz CT molecular complexity index is 895. The minimum Gasteiger partial charge on any atom is -0.441 e. The third-order valence-corrected chi connectivity index (χ3v) is 6.49. The highest BCUT2D eigenvalue weighted by atomic mass is 32.2. The van der Waals surface area contributed by atoms with Crippen LogP contribution in [0, 0.1) is 6.92 Å². The predicted octanol–water partition coefficient (Wildman–Crippen LogP) is 3.35. The molecule has 0 saturated carbocycles. The number of benzene rings is 1. The molecule has 0 N–H and O–H groups in total. The summed E-state index contributed by atoms with van der Waals surface area (Å²) in [5, 5.41) is 0. The molecule has 6 nitrogen and oxygen atoms in total. The number of carbonyl (C=O) groups is 1. The summed E-state index contributed by atoms with van der Waals surface area (Å²) in [4.78, 5) is 18.7. The van der Waals surface area contributed by atoms with Gasteiger partial charge in [0.05, 0.1) is 11.4 Å². The van der Waals surface area contributed by atoms with Gasteiger partial charge >= 0.3 is 0 Å². The van der Waals surface area contributed by atoms with Gasteiger partial charge in [-0.05, 0) is 52.2 Å². The van der Waals surface area contributed by atoms with Crippen molar-refractivity contribution in [2.24, 2.45) is 0 Å². The number of likely N-dealkylation sites (tertiary alicyclic amines) is 1. The van der Waals surface area contributed by atoms with Crippen LogP contribution in [0.15, 0.2) is 34.7 Å². The van der Waals surface area contributed by atoms with E-state index in [1.54, 1.807) is 11.8 Å². The van der Waals surface area contributed by atoms with E-state index in [1.807, 2.05) is 44.2 Å². The van der Waals surface area contributed by atoms with Gasteiger partial charge < -0.3 is 9.32 Å². The number of aromatic nitrogens is 1. The molecule has 0 spiro atoms. The van der Waals surface area contributed by atoms with Crippen molar-refractivity contribution < 1.29 is 17.6 Å². The number of aryl methyl sites for hydroxylation is 1. The zero-order chi connectivity index (χ0) is 19.6. The van der Waals surface area contributed by atoms with Crippen molar-refractivity contribution in [3.05, 3.63) is 41.8 Å². The van der Waals surface area contributed by atoms with Crippen molar-refractivity contribution in [1.82, 2.24) is 9.88 Å². The largest absolute Gasteiger partial charge is 0.441 e. The number of carbonyl (C=O) groups excluding carboxylic acids is 1. The minimum absolute atomic E-state index is 0.0786. The molecule has 0 aliphatic carbocycles. The summed E-state index contributed by atoms with van der Waals surface area (Å²) >= 11 is 0. The number of hydrogen-bond donors (Lipinski definition) is 0. The first kappa shape index (κ1) is 19.6. The first-order valence-electron chi connectivity index (χ1n) is 9.30. The molecule has 0 radical (unpaired) electrons. The van der Waals surface area contributed by atoms with E-state index < -0.39 is 15.6 Å². The molecule has 1 aromatic carbocycles. The topological polar surface area (TPSA) is 80.5 Å². The Kier molecular flexibility index (Phi) is 5.69. The molecule has 1 fully saturated rings. The van der Waals surface area contributed by atoms with Crippen LogP contribution in [0.25, 0.3) is 11.5 Å². The monoisotopic (exact) mass is 390 g/mol. The van der Waals surface area contributed by atoms with Crippen molar-refractivity contribution >= 4 is 15.7 Å². The average molecular weight is 391 g/mol. The van der Waals surface area contributed by atoms with Crippen LogP contribution in [0.3, 0.4) is 0 Å². The number of hydrogen-bond acceptors (Lipinski definition) is 5. The molecule has 2 atom stereocenters. The molecule has 1 aliphatic rings. The lowest BCUT2D eigenvalue weighted by atomic mass is 9.98. The van der Waals surface area contributed by atoms with Gasteiger partial charge in [0.25, 0.3) is 0 Å². The summed E-state index contributed by atoms with van der Waals surface area (Å²) in [5.74, 6) is -0.252. The van der Waals surface area contributed by atoms with Gasteiger partial charge in [-0.3, -0.25) is 4.79 Å². The van der Waals surface area contributed by atoms with Gasteiger partial charge in [0.15, 0.2) is 9.84 Å². The van der Waals surface area contributed by atoms with Crippen molar-refractivity contribution in [3.63, 3.8) is 0 Å².